The molecule has 0 fully saturated rings. The molecule has 0 bridgehead atoms. The van der Waals surface area contributed by atoms with E-state index in [-0.39, 0.29) is 5.60 Å². The van der Waals surface area contributed by atoms with E-state index in [4.69, 9.17) is 15.2 Å². The molecule has 0 radical (unpaired) electrons. The van der Waals surface area contributed by atoms with Crippen LogP contribution in [0.2, 0.25) is 0 Å². The monoisotopic (exact) mass is 237 g/mol. The van der Waals surface area contributed by atoms with Crippen molar-refractivity contribution in [2.24, 2.45) is 5.73 Å². The van der Waals surface area contributed by atoms with Gasteiger partial charge >= 0.3 is 0 Å². The van der Waals surface area contributed by atoms with Crippen LogP contribution in [0.5, 0.6) is 5.75 Å². The molecule has 17 heavy (non-hydrogen) atoms. The molecule has 0 aliphatic rings. The summed E-state index contributed by atoms with van der Waals surface area (Å²) in [7, 11) is 0. The molecule has 0 aliphatic heterocycles. The van der Waals surface area contributed by atoms with Gasteiger partial charge < -0.3 is 15.2 Å². The fourth-order valence-electron chi connectivity index (χ4n) is 1.38. The predicted octanol–water partition coefficient (Wildman–Crippen LogP) is 2.73. The van der Waals surface area contributed by atoms with E-state index in [1.807, 2.05) is 24.3 Å². The molecule has 3 heteroatoms. The molecule has 2 N–H and O–H groups in total. The molecule has 0 heterocycles. The normalized spacial score (nSPS) is 11.5. The average molecular weight is 237 g/mol. The third-order valence-electron chi connectivity index (χ3n) is 2.88. The van der Waals surface area contributed by atoms with Crippen molar-refractivity contribution in [1.82, 2.24) is 0 Å². The zero-order valence-corrected chi connectivity index (χ0v) is 11.0. The minimum Gasteiger partial charge on any atom is -0.491 e. The molecule has 96 valence electrons. The van der Waals surface area contributed by atoms with E-state index in [9.17, 15) is 0 Å². The zero-order chi connectivity index (χ0) is 12.7. The molecular formula is C14H23NO2. The molecule has 0 aromatic heterocycles. The third kappa shape index (κ3) is 4.75. The summed E-state index contributed by atoms with van der Waals surface area (Å²) >= 11 is 0. The van der Waals surface area contributed by atoms with Gasteiger partial charge in [-0.25, -0.2) is 0 Å². The Bertz CT molecular complexity index is 337. The second-order valence-corrected chi connectivity index (χ2v) is 4.62. The third-order valence-corrected chi connectivity index (χ3v) is 2.88. The SMILES string of the molecule is CCC(C)(C)OCCOc1ccccc1CN. The van der Waals surface area contributed by atoms with E-state index in [2.05, 4.69) is 20.8 Å². The Morgan fingerprint density at radius 2 is 1.88 bits per heavy atom. The fraction of sp³-hybridized carbons (Fsp3) is 0.571. The van der Waals surface area contributed by atoms with Crippen molar-refractivity contribution in [3.05, 3.63) is 29.8 Å². The van der Waals surface area contributed by atoms with Crippen LogP contribution in [0, 0.1) is 0 Å². The van der Waals surface area contributed by atoms with Crippen molar-refractivity contribution >= 4 is 0 Å². The summed E-state index contributed by atoms with van der Waals surface area (Å²) in [4.78, 5) is 0. The molecule has 1 aromatic carbocycles. The van der Waals surface area contributed by atoms with Crippen molar-refractivity contribution in [3.8, 4) is 5.75 Å². The first-order chi connectivity index (χ1) is 8.09. The number of hydrogen-bond donors (Lipinski definition) is 1. The highest BCUT2D eigenvalue weighted by Crippen LogP contribution is 2.17. The summed E-state index contributed by atoms with van der Waals surface area (Å²) in [5, 5.41) is 0. The summed E-state index contributed by atoms with van der Waals surface area (Å²) < 4.78 is 11.4. The van der Waals surface area contributed by atoms with Gasteiger partial charge in [0.1, 0.15) is 12.4 Å². The molecule has 1 rings (SSSR count). The lowest BCUT2D eigenvalue weighted by molar-refractivity contribution is -0.0318. The van der Waals surface area contributed by atoms with Crippen molar-refractivity contribution < 1.29 is 9.47 Å². The van der Waals surface area contributed by atoms with Gasteiger partial charge in [0, 0.05) is 12.1 Å². The lowest BCUT2D eigenvalue weighted by Gasteiger charge is -2.23. The van der Waals surface area contributed by atoms with Crippen LogP contribution in [0.3, 0.4) is 0 Å². The lowest BCUT2D eigenvalue weighted by Crippen LogP contribution is -2.25. The smallest absolute Gasteiger partial charge is 0.123 e. The Morgan fingerprint density at radius 3 is 2.53 bits per heavy atom. The number of benzene rings is 1. The van der Waals surface area contributed by atoms with Gasteiger partial charge in [0.2, 0.25) is 0 Å². The quantitative estimate of drug-likeness (QED) is 0.742. The van der Waals surface area contributed by atoms with Crippen LogP contribution in [-0.4, -0.2) is 18.8 Å². The summed E-state index contributed by atoms with van der Waals surface area (Å²) in [6.07, 6.45) is 0.992. The minimum absolute atomic E-state index is 0.0727. The van der Waals surface area contributed by atoms with Gasteiger partial charge in [-0.2, -0.15) is 0 Å². The van der Waals surface area contributed by atoms with E-state index < -0.39 is 0 Å². The van der Waals surface area contributed by atoms with Crippen LogP contribution >= 0.6 is 0 Å². The minimum atomic E-state index is -0.0727. The van der Waals surface area contributed by atoms with Gasteiger partial charge in [0.15, 0.2) is 0 Å². The van der Waals surface area contributed by atoms with Gasteiger partial charge in [-0.3, -0.25) is 0 Å². The van der Waals surface area contributed by atoms with Gasteiger partial charge in [0.05, 0.1) is 12.2 Å². The first-order valence-corrected chi connectivity index (χ1v) is 6.14. The maximum atomic E-state index is 5.72. The standard InChI is InChI=1S/C14H23NO2/c1-4-14(2,3)17-10-9-16-13-8-6-5-7-12(13)11-15/h5-8H,4,9-11,15H2,1-3H3. The molecule has 0 saturated carbocycles. The van der Waals surface area contributed by atoms with E-state index in [1.54, 1.807) is 0 Å². The fourth-order valence-corrected chi connectivity index (χ4v) is 1.38. The van der Waals surface area contributed by atoms with Crippen LogP contribution in [-0.2, 0) is 11.3 Å². The first-order valence-electron chi connectivity index (χ1n) is 6.14. The predicted molar refractivity (Wildman–Crippen MR) is 70.2 cm³/mol. The molecule has 0 atom stereocenters. The Morgan fingerprint density at radius 1 is 1.18 bits per heavy atom. The topological polar surface area (TPSA) is 44.5 Å². The second kappa shape index (κ2) is 6.62. The van der Waals surface area contributed by atoms with E-state index in [1.165, 1.54) is 0 Å². The first kappa shape index (κ1) is 14.0. The second-order valence-electron chi connectivity index (χ2n) is 4.62. The molecule has 0 saturated heterocycles. The van der Waals surface area contributed by atoms with Gasteiger partial charge in [0.25, 0.3) is 0 Å². The Hall–Kier alpha value is -1.06. The number of para-hydroxylation sites is 1. The van der Waals surface area contributed by atoms with Crippen LogP contribution in [0.1, 0.15) is 32.8 Å². The molecule has 3 nitrogen and oxygen atoms in total. The molecule has 0 aliphatic carbocycles. The molecular weight excluding hydrogens is 214 g/mol. The van der Waals surface area contributed by atoms with Crippen LogP contribution in [0.4, 0.5) is 0 Å². The van der Waals surface area contributed by atoms with Crippen molar-refractivity contribution in [2.75, 3.05) is 13.2 Å². The maximum Gasteiger partial charge on any atom is 0.123 e. The Kier molecular flexibility index (Phi) is 5.45. The summed E-state index contributed by atoms with van der Waals surface area (Å²) in [5.74, 6) is 0.855. The zero-order valence-electron chi connectivity index (χ0n) is 11.0. The van der Waals surface area contributed by atoms with Gasteiger partial charge in [-0.1, -0.05) is 25.1 Å². The van der Waals surface area contributed by atoms with Crippen molar-refractivity contribution in [3.63, 3.8) is 0 Å². The summed E-state index contributed by atoms with van der Waals surface area (Å²) in [6.45, 7) is 7.93. The average Bonchev–Trinajstić information content (AvgIpc) is 2.35. The van der Waals surface area contributed by atoms with Gasteiger partial charge in [-0.05, 0) is 26.3 Å². The summed E-state index contributed by atoms with van der Waals surface area (Å²) in [5.41, 5.74) is 6.59. The summed E-state index contributed by atoms with van der Waals surface area (Å²) in [6, 6.07) is 7.83. The largest absolute Gasteiger partial charge is 0.491 e. The van der Waals surface area contributed by atoms with Gasteiger partial charge in [-0.15, -0.1) is 0 Å². The van der Waals surface area contributed by atoms with Crippen LogP contribution < -0.4 is 10.5 Å². The van der Waals surface area contributed by atoms with Crippen LogP contribution in [0.15, 0.2) is 24.3 Å². The molecule has 1 aromatic rings. The maximum absolute atomic E-state index is 5.72. The van der Waals surface area contributed by atoms with Crippen molar-refractivity contribution in [1.29, 1.82) is 0 Å². The highest BCUT2D eigenvalue weighted by molar-refractivity contribution is 5.32. The number of hydrogen-bond acceptors (Lipinski definition) is 3. The Labute approximate surface area is 104 Å². The molecule has 0 amide bonds. The number of rotatable bonds is 7. The van der Waals surface area contributed by atoms with Crippen LogP contribution in [0.25, 0.3) is 0 Å². The number of ether oxygens (including phenoxy) is 2. The van der Waals surface area contributed by atoms with Crippen molar-refractivity contribution in [2.45, 2.75) is 39.3 Å². The molecule has 0 spiro atoms. The highest BCUT2D eigenvalue weighted by Gasteiger charge is 2.14. The van der Waals surface area contributed by atoms with E-state index in [0.29, 0.717) is 19.8 Å². The lowest BCUT2D eigenvalue weighted by atomic mass is 10.1. The highest BCUT2D eigenvalue weighted by atomic mass is 16.5. The van der Waals surface area contributed by atoms with E-state index in [0.717, 1.165) is 17.7 Å². The Balaban J connectivity index is 2.36. The molecule has 0 unspecified atom stereocenters. The number of nitrogens with two attached hydrogens (primary N) is 1. The van der Waals surface area contributed by atoms with E-state index >= 15 is 0 Å².